The molecule has 446 valence electrons. The molecular formula is C57H93N7O13S2. The molecule has 0 aliphatic carbocycles. The lowest BCUT2D eigenvalue weighted by Crippen LogP contribution is -2.61. The second-order valence-electron chi connectivity index (χ2n) is 22.4. The van der Waals surface area contributed by atoms with Crippen LogP contribution in [0.1, 0.15) is 120 Å². The minimum Gasteiger partial charge on any atom is -0.481 e. The molecule has 1 aromatic rings. The number of amides is 7. The van der Waals surface area contributed by atoms with Gasteiger partial charge in [0.2, 0.25) is 41.4 Å². The lowest BCUT2D eigenvalue weighted by atomic mass is 9.89. The van der Waals surface area contributed by atoms with Crippen molar-refractivity contribution in [2.24, 2.45) is 23.7 Å². The van der Waals surface area contributed by atoms with Crippen molar-refractivity contribution in [3.63, 3.8) is 0 Å². The van der Waals surface area contributed by atoms with Gasteiger partial charge in [-0.15, -0.1) is 11.8 Å². The van der Waals surface area contributed by atoms with Crippen molar-refractivity contribution in [3.05, 3.63) is 35.9 Å². The third-order valence-electron chi connectivity index (χ3n) is 15.7. The molecule has 0 spiro atoms. The van der Waals surface area contributed by atoms with Crippen LogP contribution in [-0.4, -0.2) is 203 Å². The molecule has 12 atom stereocenters. The highest BCUT2D eigenvalue weighted by molar-refractivity contribution is 8.08. The van der Waals surface area contributed by atoms with Crippen molar-refractivity contribution < 1.29 is 62.5 Å². The molecular weight excluding hydrogens is 1050 g/mol. The zero-order chi connectivity index (χ0) is 59.6. The number of carbonyl (C=O) groups is 9. The number of hydrogen-bond donors (Lipinski definition) is 4. The molecule has 20 nitrogen and oxygen atoms in total. The van der Waals surface area contributed by atoms with Gasteiger partial charge in [0, 0.05) is 76.5 Å². The Balaban J connectivity index is 1.74. The summed E-state index contributed by atoms with van der Waals surface area (Å²) >= 11 is 3.23. The molecule has 0 bridgehead atoms. The maximum absolute atomic E-state index is 14.8. The zero-order valence-electron chi connectivity index (χ0n) is 49.7. The first-order valence-corrected chi connectivity index (χ1v) is 29.7. The van der Waals surface area contributed by atoms with Crippen LogP contribution in [0.5, 0.6) is 0 Å². The van der Waals surface area contributed by atoms with Gasteiger partial charge >= 0.3 is 11.9 Å². The smallest absolute Gasteiger partial charge is 0.328 e. The Bertz CT molecular complexity index is 2220. The Morgan fingerprint density at radius 1 is 0.823 bits per heavy atom. The van der Waals surface area contributed by atoms with Crippen molar-refractivity contribution in [1.82, 2.24) is 35.6 Å². The van der Waals surface area contributed by atoms with Gasteiger partial charge in [-0.05, 0) is 56.9 Å². The van der Waals surface area contributed by atoms with Gasteiger partial charge in [0.15, 0.2) is 0 Å². The number of likely N-dealkylation sites (tertiary alicyclic amines) is 1. The van der Waals surface area contributed by atoms with E-state index in [-0.39, 0.29) is 66.5 Å². The summed E-state index contributed by atoms with van der Waals surface area (Å²) < 4.78 is 17.0. The van der Waals surface area contributed by atoms with Crippen molar-refractivity contribution in [2.75, 3.05) is 60.8 Å². The molecule has 0 radical (unpaired) electrons. The van der Waals surface area contributed by atoms with Crippen LogP contribution in [0, 0.1) is 23.7 Å². The van der Waals surface area contributed by atoms with E-state index in [0.717, 1.165) is 5.56 Å². The standard InChI is InChI=1S/C57H93N7O13S2/c1-17-35(6)49(42(75-14)31-45(66)64-27-21-24-41(64)50(76-15)36(7)51(69)59-40(56(74)77-16)30-39-22-19-18-20-23-39)62(13)55(73)47(33(2)3)60-52(70)48(34(4)5)61(12)53(71)37(8)58-44(65)25-28-63(29-26-46(67)68)54(72)43-32-78-57(10,11)38(9)79-43/h18-20,22-23,33-38,40-43,47-50H,17,21,24-32H2,1-16H3,(H,58,65)(H,59,69)(H,60,70)(H,67,68)/t35-,36+,37?,38?,40?,41-,42+,43?,47-,48+,49-,50+/m0/s1. The molecule has 0 saturated carbocycles. The van der Waals surface area contributed by atoms with Gasteiger partial charge in [-0.2, -0.15) is 11.8 Å². The first-order chi connectivity index (χ1) is 37.1. The normalized spacial score (nSPS) is 20.5. The predicted octanol–water partition coefficient (Wildman–Crippen LogP) is 4.64. The predicted molar refractivity (Wildman–Crippen MR) is 307 cm³/mol. The Hall–Kier alpha value is -4.93. The van der Waals surface area contributed by atoms with E-state index in [2.05, 4.69) is 36.7 Å². The molecule has 79 heavy (non-hydrogen) atoms. The summed E-state index contributed by atoms with van der Waals surface area (Å²) in [5.74, 6) is -5.93. The molecule has 4 unspecified atom stereocenters. The topological polar surface area (TPSA) is 251 Å². The highest BCUT2D eigenvalue weighted by atomic mass is 32.2. The van der Waals surface area contributed by atoms with E-state index in [1.54, 1.807) is 75.0 Å². The highest BCUT2D eigenvalue weighted by Crippen LogP contribution is 2.44. The number of nitrogens with one attached hydrogen (secondary N) is 3. The lowest BCUT2D eigenvalue weighted by molar-refractivity contribution is -0.149. The van der Waals surface area contributed by atoms with E-state index >= 15 is 0 Å². The number of likely N-dealkylation sites (N-methyl/N-ethyl adjacent to an activating group) is 2. The molecule has 3 rings (SSSR count). The quantitative estimate of drug-likeness (QED) is 0.0766. The molecule has 22 heteroatoms. The largest absolute Gasteiger partial charge is 0.481 e. The van der Waals surface area contributed by atoms with Crippen molar-refractivity contribution in [2.45, 2.75) is 185 Å². The van der Waals surface area contributed by atoms with Crippen LogP contribution in [0.25, 0.3) is 0 Å². The van der Waals surface area contributed by atoms with E-state index < -0.39 is 113 Å². The number of aliphatic carboxylic acids is 1. The maximum Gasteiger partial charge on any atom is 0.328 e. The molecule has 2 saturated heterocycles. The van der Waals surface area contributed by atoms with Crippen molar-refractivity contribution in [3.8, 4) is 0 Å². The molecule has 4 N–H and O–H groups in total. The van der Waals surface area contributed by atoms with E-state index in [1.807, 2.05) is 44.2 Å². The van der Waals surface area contributed by atoms with Crippen LogP contribution in [0.2, 0.25) is 0 Å². The average Bonchev–Trinajstić information content (AvgIpc) is 3.92. The van der Waals surface area contributed by atoms with Crippen LogP contribution in [0.4, 0.5) is 0 Å². The Morgan fingerprint density at radius 2 is 1.46 bits per heavy atom. The SMILES string of the molecule is CC[C@H](C)[C@@H]([C@@H](CC(=O)N1CCC[C@H]1[C@H](OC)[C@@H](C)C(=O)NC(Cc1ccccc1)C(=O)OC)OC)N(C)C(=O)[C@@H](NC(=O)[C@@H](C(C)C)N(C)C(=O)C(C)NC(=O)CCN(CCC(=O)O)C(=O)C1CSC(C)(C)C(C)S1)C(C)C. The van der Waals surface area contributed by atoms with Gasteiger partial charge in [-0.3, -0.25) is 38.4 Å². The molecule has 2 aliphatic rings. The first-order valence-electron chi connectivity index (χ1n) is 27.8. The summed E-state index contributed by atoms with van der Waals surface area (Å²) in [6, 6.07) is 4.00. The average molecular weight is 1150 g/mol. The number of esters is 1. The van der Waals surface area contributed by atoms with Gasteiger partial charge in [-0.1, -0.05) is 92.1 Å². The maximum atomic E-state index is 14.8. The van der Waals surface area contributed by atoms with Gasteiger partial charge in [0.05, 0.1) is 55.4 Å². The monoisotopic (exact) mass is 1150 g/mol. The molecule has 1 aromatic carbocycles. The third kappa shape index (κ3) is 19.1. The third-order valence-corrected chi connectivity index (χ3v) is 19.4. The fraction of sp³-hybridized carbons (Fsp3) is 0.737. The fourth-order valence-corrected chi connectivity index (χ4v) is 13.4. The summed E-state index contributed by atoms with van der Waals surface area (Å²) in [5, 5.41) is 17.7. The van der Waals surface area contributed by atoms with Gasteiger partial charge in [-0.25, -0.2) is 4.79 Å². The van der Waals surface area contributed by atoms with Crippen LogP contribution in [-0.2, 0) is 63.8 Å². The van der Waals surface area contributed by atoms with Crippen LogP contribution in [0.15, 0.2) is 30.3 Å². The number of methoxy groups -OCH3 is 3. The second kappa shape index (κ2) is 31.9. The number of rotatable bonds is 30. The molecule has 2 aliphatic heterocycles. The number of hydrogen-bond acceptors (Lipinski definition) is 14. The molecule has 0 aromatic heterocycles. The summed E-state index contributed by atoms with van der Waals surface area (Å²) in [6.07, 6.45) is -0.0228. The van der Waals surface area contributed by atoms with Crippen LogP contribution in [0.3, 0.4) is 0 Å². The molecule has 7 amide bonds. The van der Waals surface area contributed by atoms with Crippen molar-refractivity contribution in [1.29, 1.82) is 0 Å². The van der Waals surface area contributed by atoms with Gasteiger partial charge in [0.1, 0.15) is 24.2 Å². The zero-order valence-corrected chi connectivity index (χ0v) is 51.3. The number of benzene rings is 1. The summed E-state index contributed by atoms with van der Waals surface area (Å²) in [6.45, 7) is 20.9. The van der Waals surface area contributed by atoms with Gasteiger partial charge < -0.3 is 54.9 Å². The van der Waals surface area contributed by atoms with E-state index in [9.17, 15) is 48.3 Å². The van der Waals surface area contributed by atoms with E-state index in [1.165, 1.54) is 45.1 Å². The first kappa shape index (κ1) is 68.3. The molecule has 2 heterocycles. The number of carboxylic acid groups (broad SMARTS) is 1. The minimum atomic E-state index is -1.09. The Kier molecular flexibility index (Phi) is 27.6. The number of carbonyl (C=O) groups excluding carboxylic acids is 8. The van der Waals surface area contributed by atoms with Crippen LogP contribution < -0.4 is 16.0 Å². The minimum absolute atomic E-state index is 0.0372. The highest BCUT2D eigenvalue weighted by Gasteiger charge is 2.45. The molecule has 2 fully saturated rings. The Morgan fingerprint density at radius 3 is 2.00 bits per heavy atom. The number of ether oxygens (including phenoxy) is 3. The van der Waals surface area contributed by atoms with Crippen LogP contribution >= 0.6 is 23.5 Å². The number of thioether (sulfide) groups is 2. The van der Waals surface area contributed by atoms with Crippen molar-refractivity contribution >= 4 is 76.8 Å². The van der Waals surface area contributed by atoms with E-state index in [0.29, 0.717) is 31.6 Å². The summed E-state index contributed by atoms with van der Waals surface area (Å²) in [4.78, 5) is 129. The van der Waals surface area contributed by atoms with E-state index in [4.69, 9.17) is 14.2 Å². The van der Waals surface area contributed by atoms with Gasteiger partial charge in [0.25, 0.3) is 0 Å². The summed E-state index contributed by atoms with van der Waals surface area (Å²) in [7, 11) is 7.34. The summed E-state index contributed by atoms with van der Waals surface area (Å²) in [5.41, 5.74) is 0.840. The fourth-order valence-electron chi connectivity index (χ4n) is 10.5. The lowest BCUT2D eigenvalue weighted by Gasteiger charge is -2.41. The number of carboxylic acids is 1. The number of nitrogens with zero attached hydrogens (tertiary/aromatic N) is 4. The second-order valence-corrected chi connectivity index (χ2v) is 25.6. The Labute approximate surface area is 478 Å².